The van der Waals surface area contributed by atoms with E-state index >= 15 is 0 Å². The summed E-state index contributed by atoms with van der Waals surface area (Å²) < 4.78 is 46.7. The summed E-state index contributed by atoms with van der Waals surface area (Å²) >= 11 is 0. The standard InChI is InChI=1S/C22H23F3N4O2/c1-27(14-16-6-8-17(9-7-16)28-10-12-31-13-11-28)20(30)15-29-19-5-3-2-4-18(19)26-21(29)22(23,24)25/h2-9H,10-15H2,1H3. The van der Waals surface area contributed by atoms with Gasteiger partial charge in [0.25, 0.3) is 0 Å². The zero-order valence-electron chi connectivity index (χ0n) is 17.1. The van der Waals surface area contributed by atoms with E-state index in [1.807, 2.05) is 24.3 Å². The Kier molecular flexibility index (Phi) is 5.86. The molecule has 0 aliphatic carbocycles. The minimum Gasteiger partial charge on any atom is -0.378 e. The Labute approximate surface area is 177 Å². The fraction of sp³-hybridized carbons (Fsp3) is 0.364. The Balaban J connectivity index is 1.47. The van der Waals surface area contributed by atoms with Crippen LogP contribution in [0.25, 0.3) is 11.0 Å². The second-order valence-electron chi connectivity index (χ2n) is 7.52. The molecule has 0 bridgehead atoms. The number of nitrogens with zero attached hydrogens (tertiary/aromatic N) is 4. The maximum absolute atomic E-state index is 13.5. The molecule has 3 aromatic rings. The van der Waals surface area contributed by atoms with E-state index in [0.29, 0.717) is 19.8 Å². The summed E-state index contributed by atoms with van der Waals surface area (Å²) in [6.07, 6.45) is -4.65. The third-order valence-corrected chi connectivity index (χ3v) is 5.36. The molecule has 2 aromatic carbocycles. The van der Waals surface area contributed by atoms with Gasteiger partial charge in [-0.05, 0) is 29.8 Å². The molecule has 31 heavy (non-hydrogen) atoms. The van der Waals surface area contributed by atoms with Crippen molar-refractivity contribution in [3.05, 3.63) is 59.9 Å². The van der Waals surface area contributed by atoms with Crippen molar-refractivity contribution < 1.29 is 22.7 Å². The van der Waals surface area contributed by atoms with Crippen LogP contribution in [-0.2, 0) is 28.8 Å². The van der Waals surface area contributed by atoms with Gasteiger partial charge in [-0.2, -0.15) is 13.2 Å². The number of rotatable bonds is 5. The summed E-state index contributed by atoms with van der Waals surface area (Å²) in [6, 6.07) is 14.1. The quantitative estimate of drug-likeness (QED) is 0.619. The second kappa shape index (κ2) is 8.58. The molecule has 1 aliphatic heterocycles. The highest BCUT2D eigenvalue weighted by molar-refractivity contribution is 5.81. The van der Waals surface area contributed by atoms with Crippen LogP contribution in [0.4, 0.5) is 18.9 Å². The molecule has 0 unspecified atom stereocenters. The van der Waals surface area contributed by atoms with Crippen molar-refractivity contribution in [2.24, 2.45) is 0 Å². The lowest BCUT2D eigenvalue weighted by molar-refractivity contribution is -0.148. The number of hydrogen-bond acceptors (Lipinski definition) is 4. The van der Waals surface area contributed by atoms with E-state index in [1.165, 1.54) is 17.0 Å². The predicted octanol–water partition coefficient (Wildman–Crippen LogP) is 3.55. The van der Waals surface area contributed by atoms with Crippen LogP contribution in [0, 0.1) is 0 Å². The number of carbonyl (C=O) groups excluding carboxylic acids is 1. The molecule has 1 aromatic heterocycles. The van der Waals surface area contributed by atoms with Gasteiger partial charge in [-0.15, -0.1) is 0 Å². The van der Waals surface area contributed by atoms with Crippen molar-refractivity contribution in [3.63, 3.8) is 0 Å². The van der Waals surface area contributed by atoms with Crippen LogP contribution in [0.5, 0.6) is 0 Å². The number of benzene rings is 2. The number of imidazole rings is 1. The monoisotopic (exact) mass is 432 g/mol. The number of amides is 1. The third kappa shape index (κ3) is 4.66. The molecule has 0 N–H and O–H groups in total. The minimum atomic E-state index is -4.65. The van der Waals surface area contributed by atoms with Gasteiger partial charge < -0.3 is 19.1 Å². The second-order valence-corrected chi connectivity index (χ2v) is 7.52. The molecule has 0 spiro atoms. The molecule has 0 atom stereocenters. The molecule has 164 valence electrons. The fourth-order valence-corrected chi connectivity index (χ4v) is 3.70. The Morgan fingerprint density at radius 2 is 1.77 bits per heavy atom. The summed E-state index contributed by atoms with van der Waals surface area (Å²) in [5.74, 6) is -1.49. The summed E-state index contributed by atoms with van der Waals surface area (Å²) in [4.78, 5) is 20.1. The molecular weight excluding hydrogens is 409 g/mol. The van der Waals surface area contributed by atoms with E-state index in [9.17, 15) is 18.0 Å². The van der Waals surface area contributed by atoms with Gasteiger partial charge in [-0.1, -0.05) is 24.3 Å². The molecular formula is C22H23F3N4O2. The van der Waals surface area contributed by atoms with Crippen molar-refractivity contribution in [1.29, 1.82) is 0 Å². The molecule has 1 saturated heterocycles. The van der Waals surface area contributed by atoms with Crippen molar-refractivity contribution in [3.8, 4) is 0 Å². The molecule has 1 amide bonds. The van der Waals surface area contributed by atoms with Crippen LogP contribution < -0.4 is 4.90 Å². The number of ether oxygens (including phenoxy) is 1. The minimum absolute atomic E-state index is 0.212. The Morgan fingerprint density at radius 1 is 1.10 bits per heavy atom. The summed E-state index contributed by atoms with van der Waals surface area (Å²) in [7, 11) is 1.59. The molecule has 0 saturated carbocycles. The number of anilines is 1. The highest BCUT2D eigenvalue weighted by atomic mass is 19.4. The number of morpholine rings is 1. The van der Waals surface area contributed by atoms with Gasteiger partial charge in [0.15, 0.2) is 0 Å². The SMILES string of the molecule is CN(Cc1ccc(N2CCOCC2)cc1)C(=O)Cn1c(C(F)(F)F)nc2ccccc21. The smallest absolute Gasteiger partial charge is 0.378 e. The first-order valence-corrected chi connectivity index (χ1v) is 10.0. The van der Waals surface area contributed by atoms with Gasteiger partial charge >= 0.3 is 6.18 Å². The van der Waals surface area contributed by atoms with Crippen LogP contribution in [-0.4, -0.2) is 53.7 Å². The molecule has 9 heteroatoms. The Morgan fingerprint density at radius 3 is 2.45 bits per heavy atom. The topological polar surface area (TPSA) is 50.6 Å². The van der Waals surface area contributed by atoms with Crippen LogP contribution in [0.15, 0.2) is 48.5 Å². The maximum Gasteiger partial charge on any atom is 0.449 e. The Hall–Kier alpha value is -3.07. The number of alkyl halides is 3. The molecule has 1 aliphatic rings. The normalized spacial score (nSPS) is 14.8. The number of hydrogen-bond donors (Lipinski definition) is 0. The van der Waals surface area contributed by atoms with E-state index in [1.54, 1.807) is 19.2 Å². The lowest BCUT2D eigenvalue weighted by atomic mass is 10.1. The van der Waals surface area contributed by atoms with Crippen molar-refractivity contribution in [2.75, 3.05) is 38.3 Å². The van der Waals surface area contributed by atoms with Crippen LogP contribution >= 0.6 is 0 Å². The lowest BCUT2D eigenvalue weighted by Gasteiger charge is -2.29. The summed E-state index contributed by atoms with van der Waals surface area (Å²) in [5, 5.41) is 0. The molecule has 2 heterocycles. The van der Waals surface area contributed by atoms with E-state index in [-0.39, 0.29) is 11.0 Å². The average Bonchev–Trinajstić information content (AvgIpc) is 3.14. The van der Waals surface area contributed by atoms with E-state index < -0.39 is 24.5 Å². The third-order valence-electron chi connectivity index (χ3n) is 5.36. The summed E-state index contributed by atoms with van der Waals surface area (Å²) in [5.41, 5.74) is 2.48. The first-order valence-electron chi connectivity index (χ1n) is 10.0. The number of fused-ring (bicyclic) bond motifs is 1. The fourth-order valence-electron chi connectivity index (χ4n) is 3.70. The molecule has 4 rings (SSSR count). The largest absolute Gasteiger partial charge is 0.449 e. The van der Waals surface area contributed by atoms with E-state index in [2.05, 4.69) is 9.88 Å². The molecule has 0 radical (unpaired) electrons. The van der Waals surface area contributed by atoms with Crippen LogP contribution in [0.1, 0.15) is 11.4 Å². The number of para-hydroxylation sites is 2. The highest BCUT2D eigenvalue weighted by Crippen LogP contribution is 2.31. The zero-order chi connectivity index (χ0) is 22.0. The molecule has 6 nitrogen and oxygen atoms in total. The Bertz CT molecular complexity index is 1060. The first-order chi connectivity index (χ1) is 14.8. The number of carbonyl (C=O) groups is 1. The van der Waals surface area contributed by atoms with Crippen LogP contribution in [0.3, 0.4) is 0 Å². The van der Waals surface area contributed by atoms with Gasteiger partial charge in [-0.25, -0.2) is 4.98 Å². The highest BCUT2D eigenvalue weighted by Gasteiger charge is 2.38. The lowest BCUT2D eigenvalue weighted by Crippen LogP contribution is -2.36. The zero-order valence-corrected chi connectivity index (χ0v) is 17.1. The predicted molar refractivity (Wildman–Crippen MR) is 111 cm³/mol. The van der Waals surface area contributed by atoms with Gasteiger partial charge in [0.05, 0.1) is 24.2 Å². The first kappa shape index (κ1) is 21.2. The average molecular weight is 432 g/mol. The number of halogens is 3. The van der Waals surface area contributed by atoms with E-state index in [4.69, 9.17) is 4.74 Å². The number of aromatic nitrogens is 2. The van der Waals surface area contributed by atoms with Gasteiger partial charge in [-0.3, -0.25) is 4.79 Å². The van der Waals surface area contributed by atoms with Crippen molar-refractivity contribution in [1.82, 2.24) is 14.5 Å². The van der Waals surface area contributed by atoms with Crippen molar-refractivity contribution >= 4 is 22.6 Å². The van der Waals surface area contributed by atoms with E-state index in [0.717, 1.165) is 28.9 Å². The van der Waals surface area contributed by atoms with Crippen LogP contribution in [0.2, 0.25) is 0 Å². The van der Waals surface area contributed by atoms with Crippen molar-refractivity contribution in [2.45, 2.75) is 19.3 Å². The number of likely N-dealkylation sites (N-methyl/N-ethyl adjacent to an activating group) is 1. The van der Waals surface area contributed by atoms with Gasteiger partial charge in [0.2, 0.25) is 11.7 Å². The van der Waals surface area contributed by atoms with Gasteiger partial charge in [0.1, 0.15) is 6.54 Å². The van der Waals surface area contributed by atoms with Gasteiger partial charge in [0, 0.05) is 32.4 Å². The molecule has 1 fully saturated rings. The maximum atomic E-state index is 13.5. The summed E-state index contributed by atoms with van der Waals surface area (Å²) in [6.45, 7) is 2.92.